The molecule has 4 heteroatoms. The average molecular weight is 317 g/mol. The highest BCUT2D eigenvalue weighted by Gasteiger charge is 2.29. The van der Waals surface area contributed by atoms with Crippen LogP contribution in [0.3, 0.4) is 0 Å². The molecule has 1 aromatic rings. The molecule has 0 aromatic heterocycles. The molecule has 2 fully saturated rings. The van der Waals surface area contributed by atoms with Gasteiger partial charge in [-0.05, 0) is 63.1 Å². The number of nitrogens with zero attached hydrogens (tertiary/aromatic N) is 1. The summed E-state index contributed by atoms with van der Waals surface area (Å²) in [6.45, 7) is 3.63. The van der Waals surface area contributed by atoms with Gasteiger partial charge in [-0.1, -0.05) is 12.1 Å². The number of carboxylic acid groups (broad SMARTS) is 1. The highest BCUT2D eigenvalue weighted by molar-refractivity contribution is 5.70. The average Bonchev–Trinajstić information content (AvgIpc) is 3.02. The van der Waals surface area contributed by atoms with Crippen LogP contribution in [-0.4, -0.2) is 34.7 Å². The van der Waals surface area contributed by atoms with Gasteiger partial charge in [0.15, 0.2) is 0 Å². The van der Waals surface area contributed by atoms with Crippen LogP contribution in [0, 0.1) is 5.92 Å². The molecule has 1 N–H and O–H groups in total. The van der Waals surface area contributed by atoms with Gasteiger partial charge in [0.2, 0.25) is 0 Å². The second-order valence-electron chi connectivity index (χ2n) is 7.06. The summed E-state index contributed by atoms with van der Waals surface area (Å²) in [6.07, 6.45) is 6.97. The zero-order chi connectivity index (χ0) is 16.2. The van der Waals surface area contributed by atoms with Gasteiger partial charge in [-0.2, -0.15) is 0 Å². The van der Waals surface area contributed by atoms with Crippen molar-refractivity contribution in [2.75, 3.05) is 6.54 Å². The minimum absolute atomic E-state index is 0.232. The lowest BCUT2D eigenvalue weighted by atomic mass is 9.93. The summed E-state index contributed by atoms with van der Waals surface area (Å²) < 4.78 is 6.08. The first-order valence-electron chi connectivity index (χ1n) is 8.84. The molecule has 2 aliphatic rings. The normalized spacial score (nSPS) is 26.3. The summed E-state index contributed by atoms with van der Waals surface area (Å²) in [7, 11) is 0. The molecule has 0 radical (unpaired) electrons. The quantitative estimate of drug-likeness (QED) is 0.900. The fraction of sp³-hybridized carbons (Fsp3) is 0.632. The number of carbonyl (C=O) groups is 1. The van der Waals surface area contributed by atoms with E-state index in [1.807, 2.05) is 12.1 Å². The molecule has 0 spiro atoms. The zero-order valence-electron chi connectivity index (χ0n) is 13.9. The summed E-state index contributed by atoms with van der Waals surface area (Å²) in [5, 5.41) is 9.27. The van der Waals surface area contributed by atoms with Crippen LogP contribution in [0.2, 0.25) is 0 Å². The number of benzene rings is 1. The maximum Gasteiger partial charge on any atom is 0.307 e. The molecule has 1 heterocycles. The van der Waals surface area contributed by atoms with Crippen molar-refractivity contribution in [3.8, 4) is 5.75 Å². The van der Waals surface area contributed by atoms with Crippen molar-refractivity contribution in [3.05, 3.63) is 29.8 Å². The number of rotatable bonds is 5. The Labute approximate surface area is 138 Å². The smallest absolute Gasteiger partial charge is 0.307 e. The van der Waals surface area contributed by atoms with Crippen LogP contribution in [0.25, 0.3) is 0 Å². The first kappa shape index (κ1) is 16.3. The molecule has 1 saturated carbocycles. The van der Waals surface area contributed by atoms with E-state index in [0.29, 0.717) is 18.7 Å². The fourth-order valence-corrected chi connectivity index (χ4v) is 3.75. The van der Waals surface area contributed by atoms with Crippen molar-refractivity contribution < 1.29 is 14.6 Å². The minimum atomic E-state index is -0.666. The largest absolute Gasteiger partial charge is 0.490 e. The summed E-state index contributed by atoms with van der Waals surface area (Å²) in [4.78, 5) is 13.5. The van der Waals surface area contributed by atoms with Crippen molar-refractivity contribution >= 4 is 5.97 Å². The Hall–Kier alpha value is -1.55. The van der Waals surface area contributed by atoms with Gasteiger partial charge >= 0.3 is 5.97 Å². The van der Waals surface area contributed by atoms with E-state index in [1.165, 1.54) is 18.4 Å². The van der Waals surface area contributed by atoms with Gasteiger partial charge in [-0.25, -0.2) is 0 Å². The van der Waals surface area contributed by atoms with E-state index < -0.39 is 5.97 Å². The summed E-state index contributed by atoms with van der Waals surface area (Å²) in [5.74, 6) is 0.0539. The Morgan fingerprint density at radius 1 is 1.26 bits per heavy atom. The van der Waals surface area contributed by atoms with Gasteiger partial charge in [0.25, 0.3) is 0 Å². The predicted octanol–water partition coefficient (Wildman–Crippen LogP) is 3.69. The lowest BCUT2D eigenvalue weighted by Gasteiger charge is -2.36. The molecule has 23 heavy (non-hydrogen) atoms. The van der Waals surface area contributed by atoms with E-state index in [0.717, 1.165) is 38.0 Å². The number of likely N-dealkylation sites (tertiary alicyclic amines) is 1. The molecular formula is C19H27NO3. The van der Waals surface area contributed by atoms with Crippen LogP contribution < -0.4 is 4.74 Å². The molecule has 0 bridgehead atoms. The number of aliphatic carboxylic acids is 1. The molecular weight excluding hydrogens is 290 g/mol. The standard InChI is InChI=1S/C19H27NO3/c1-14-9-10-16(19(21)22)13-20(14)12-15-5-4-8-18(11-15)23-17-6-2-3-7-17/h4-5,8,11,14,16-17H,2-3,6-7,9-10,12-13H2,1H3,(H,21,22). The molecule has 126 valence electrons. The number of carboxylic acids is 1. The Kier molecular flexibility index (Phi) is 5.21. The molecule has 4 nitrogen and oxygen atoms in total. The van der Waals surface area contributed by atoms with Crippen molar-refractivity contribution in [2.45, 2.75) is 64.1 Å². The van der Waals surface area contributed by atoms with Gasteiger partial charge in [0.05, 0.1) is 12.0 Å². The molecule has 1 aromatic carbocycles. The van der Waals surface area contributed by atoms with Crippen LogP contribution in [0.5, 0.6) is 5.75 Å². The van der Waals surface area contributed by atoms with Crippen molar-refractivity contribution in [3.63, 3.8) is 0 Å². The van der Waals surface area contributed by atoms with Gasteiger partial charge < -0.3 is 9.84 Å². The highest BCUT2D eigenvalue weighted by atomic mass is 16.5. The molecule has 1 saturated heterocycles. The molecule has 2 atom stereocenters. The summed E-state index contributed by atoms with van der Waals surface area (Å²) in [6, 6.07) is 8.74. The Balaban J connectivity index is 1.63. The lowest BCUT2D eigenvalue weighted by molar-refractivity contribution is -0.144. The monoisotopic (exact) mass is 317 g/mol. The minimum Gasteiger partial charge on any atom is -0.490 e. The first-order chi connectivity index (χ1) is 11.1. The van der Waals surface area contributed by atoms with Crippen LogP contribution in [0.4, 0.5) is 0 Å². The van der Waals surface area contributed by atoms with E-state index >= 15 is 0 Å². The third-order valence-corrected chi connectivity index (χ3v) is 5.25. The number of hydrogen-bond donors (Lipinski definition) is 1. The van der Waals surface area contributed by atoms with Crippen molar-refractivity contribution in [1.82, 2.24) is 4.90 Å². The number of ether oxygens (including phenoxy) is 1. The molecule has 2 unspecified atom stereocenters. The third kappa shape index (κ3) is 4.25. The summed E-state index contributed by atoms with van der Waals surface area (Å²) in [5.41, 5.74) is 1.21. The van der Waals surface area contributed by atoms with Gasteiger partial charge in [0.1, 0.15) is 5.75 Å². The fourth-order valence-electron chi connectivity index (χ4n) is 3.75. The van der Waals surface area contributed by atoms with Crippen LogP contribution in [0.15, 0.2) is 24.3 Å². The highest BCUT2D eigenvalue weighted by Crippen LogP contribution is 2.27. The lowest BCUT2D eigenvalue weighted by Crippen LogP contribution is -2.43. The van der Waals surface area contributed by atoms with E-state index in [-0.39, 0.29) is 5.92 Å². The topological polar surface area (TPSA) is 49.8 Å². The van der Waals surface area contributed by atoms with Crippen LogP contribution in [0.1, 0.15) is 51.0 Å². The molecule has 0 amide bonds. The Morgan fingerprint density at radius 2 is 2.04 bits per heavy atom. The summed E-state index contributed by atoms with van der Waals surface area (Å²) >= 11 is 0. The van der Waals surface area contributed by atoms with E-state index in [2.05, 4.69) is 24.0 Å². The predicted molar refractivity (Wildman–Crippen MR) is 89.6 cm³/mol. The van der Waals surface area contributed by atoms with Crippen LogP contribution in [-0.2, 0) is 11.3 Å². The van der Waals surface area contributed by atoms with E-state index in [4.69, 9.17) is 4.74 Å². The second-order valence-corrected chi connectivity index (χ2v) is 7.06. The number of hydrogen-bond acceptors (Lipinski definition) is 3. The molecule has 3 rings (SSSR count). The Morgan fingerprint density at radius 3 is 2.78 bits per heavy atom. The third-order valence-electron chi connectivity index (χ3n) is 5.25. The number of piperidine rings is 1. The van der Waals surface area contributed by atoms with Gasteiger partial charge in [-0.3, -0.25) is 9.69 Å². The van der Waals surface area contributed by atoms with E-state index in [9.17, 15) is 9.90 Å². The van der Waals surface area contributed by atoms with Crippen LogP contribution >= 0.6 is 0 Å². The maximum absolute atomic E-state index is 11.3. The Bertz CT molecular complexity index is 539. The second kappa shape index (κ2) is 7.35. The van der Waals surface area contributed by atoms with E-state index in [1.54, 1.807) is 0 Å². The zero-order valence-corrected chi connectivity index (χ0v) is 13.9. The molecule has 1 aliphatic heterocycles. The SMILES string of the molecule is CC1CCC(C(=O)O)CN1Cc1cccc(OC2CCCC2)c1. The van der Waals surface area contributed by atoms with Crippen molar-refractivity contribution in [2.24, 2.45) is 5.92 Å². The van der Waals surface area contributed by atoms with Crippen molar-refractivity contribution in [1.29, 1.82) is 0 Å². The first-order valence-corrected chi connectivity index (χ1v) is 8.84. The van der Waals surface area contributed by atoms with Gasteiger partial charge in [0, 0.05) is 19.1 Å². The van der Waals surface area contributed by atoms with Gasteiger partial charge in [-0.15, -0.1) is 0 Å². The maximum atomic E-state index is 11.3. The molecule has 1 aliphatic carbocycles.